The van der Waals surface area contributed by atoms with Crippen LogP contribution in [-0.4, -0.2) is 45.7 Å². The van der Waals surface area contributed by atoms with Crippen molar-refractivity contribution < 1.29 is 13.5 Å². The zero-order valence-corrected chi connectivity index (χ0v) is 15.3. The van der Waals surface area contributed by atoms with Crippen molar-refractivity contribution in [2.45, 2.75) is 26.9 Å². The van der Waals surface area contributed by atoms with Crippen molar-refractivity contribution in [1.82, 2.24) is 19.9 Å². The van der Waals surface area contributed by atoms with Gasteiger partial charge in [-0.1, -0.05) is 0 Å². The Hall–Kier alpha value is -2.74. The largest absolute Gasteiger partial charge is 0.375 e. The molecule has 0 N–H and O–H groups in total. The minimum absolute atomic E-state index is 0.0369. The Morgan fingerprint density at radius 1 is 1.07 bits per heavy atom. The second-order valence-electron chi connectivity index (χ2n) is 6.69. The topological polar surface area (TPSA) is 64.0 Å². The third-order valence-corrected chi connectivity index (χ3v) is 4.64. The van der Waals surface area contributed by atoms with E-state index < -0.39 is 11.6 Å². The molecule has 1 aliphatic rings. The number of halogens is 2. The van der Waals surface area contributed by atoms with Crippen LogP contribution in [0, 0.1) is 25.5 Å². The molecular formula is C19H19F2N5O. The maximum atomic E-state index is 14.5. The van der Waals surface area contributed by atoms with Crippen LogP contribution in [0.25, 0.3) is 22.4 Å². The van der Waals surface area contributed by atoms with E-state index in [0.717, 1.165) is 11.8 Å². The lowest BCUT2D eigenvalue weighted by Gasteiger charge is -2.31. The maximum Gasteiger partial charge on any atom is 0.228 e. The Bertz CT molecular complexity index is 1030. The Labute approximate surface area is 155 Å². The number of fused-ring (bicyclic) bond motifs is 1. The Kier molecular flexibility index (Phi) is 4.43. The predicted molar refractivity (Wildman–Crippen MR) is 97.6 cm³/mol. The SMILES string of the molecule is Cc1nc2nc(N3CCOC(C)C3)nc(-c3ccc(F)cc3F)c2nc1C. The highest BCUT2D eigenvalue weighted by Crippen LogP contribution is 2.29. The van der Waals surface area contributed by atoms with E-state index in [1.165, 1.54) is 12.1 Å². The first kappa shape index (κ1) is 17.7. The summed E-state index contributed by atoms with van der Waals surface area (Å²) in [6, 6.07) is 3.42. The number of morpholine rings is 1. The molecule has 8 heteroatoms. The summed E-state index contributed by atoms with van der Waals surface area (Å²) in [7, 11) is 0. The minimum Gasteiger partial charge on any atom is -0.375 e. The average Bonchev–Trinajstić information content (AvgIpc) is 2.62. The number of hydrogen-bond donors (Lipinski definition) is 0. The summed E-state index contributed by atoms with van der Waals surface area (Å²) in [5, 5.41) is 0. The number of ether oxygens (including phenoxy) is 1. The van der Waals surface area contributed by atoms with Crippen LogP contribution in [0.15, 0.2) is 18.2 Å². The zero-order chi connectivity index (χ0) is 19.1. The van der Waals surface area contributed by atoms with Crippen molar-refractivity contribution in [1.29, 1.82) is 0 Å². The van der Waals surface area contributed by atoms with Gasteiger partial charge in [0, 0.05) is 24.7 Å². The third kappa shape index (κ3) is 3.32. The molecule has 0 radical (unpaired) electrons. The number of aromatic nitrogens is 4. The van der Waals surface area contributed by atoms with Crippen LogP contribution in [0.5, 0.6) is 0 Å². The van der Waals surface area contributed by atoms with E-state index >= 15 is 0 Å². The molecule has 0 bridgehead atoms. The van der Waals surface area contributed by atoms with Crippen molar-refractivity contribution in [2.24, 2.45) is 0 Å². The van der Waals surface area contributed by atoms with E-state index in [-0.39, 0.29) is 11.7 Å². The predicted octanol–water partition coefficient (Wildman–Crippen LogP) is 3.21. The summed E-state index contributed by atoms with van der Waals surface area (Å²) >= 11 is 0. The van der Waals surface area contributed by atoms with Gasteiger partial charge in [0.2, 0.25) is 5.95 Å². The van der Waals surface area contributed by atoms with E-state index in [4.69, 9.17) is 4.74 Å². The Morgan fingerprint density at radius 2 is 1.85 bits per heavy atom. The van der Waals surface area contributed by atoms with Crippen LogP contribution >= 0.6 is 0 Å². The highest BCUT2D eigenvalue weighted by Gasteiger charge is 2.23. The normalized spacial score (nSPS) is 17.5. The molecule has 1 aliphatic heterocycles. The van der Waals surface area contributed by atoms with E-state index in [9.17, 15) is 8.78 Å². The molecule has 1 atom stereocenters. The molecule has 4 rings (SSSR count). The van der Waals surface area contributed by atoms with Crippen LogP contribution in [0.4, 0.5) is 14.7 Å². The molecule has 0 spiro atoms. The fourth-order valence-electron chi connectivity index (χ4n) is 3.11. The molecule has 1 fully saturated rings. The lowest BCUT2D eigenvalue weighted by molar-refractivity contribution is 0.0526. The van der Waals surface area contributed by atoms with E-state index in [1.807, 2.05) is 25.7 Å². The molecule has 0 amide bonds. The molecule has 1 aromatic carbocycles. The van der Waals surface area contributed by atoms with Crippen molar-refractivity contribution in [3.63, 3.8) is 0 Å². The molecule has 140 valence electrons. The van der Waals surface area contributed by atoms with Crippen molar-refractivity contribution in [2.75, 3.05) is 24.6 Å². The molecular weight excluding hydrogens is 352 g/mol. The van der Waals surface area contributed by atoms with Crippen LogP contribution in [0.3, 0.4) is 0 Å². The van der Waals surface area contributed by atoms with E-state index in [2.05, 4.69) is 19.9 Å². The van der Waals surface area contributed by atoms with Gasteiger partial charge in [-0.05, 0) is 32.9 Å². The summed E-state index contributed by atoms with van der Waals surface area (Å²) in [6.07, 6.45) is 0.0369. The molecule has 3 aromatic rings. The molecule has 1 unspecified atom stereocenters. The number of hydrogen-bond acceptors (Lipinski definition) is 6. The van der Waals surface area contributed by atoms with Gasteiger partial charge in [-0.2, -0.15) is 4.98 Å². The van der Waals surface area contributed by atoms with Gasteiger partial charge in [-0.15, -0.1) is 0 Å². The fourth-order valence-corrected chi connectivity index (χ4v) is 3.11. The summed E-state index contributed by atoms with van der Waals surface area (Å²) in [6.45, 7) is 7.44. The lowest BCUT2D eigenvalue weighted by Crippen LogP contribution is -2.42. The van der Waals surface area contributed by atoms with Gasteiger partial charge in [0.25, 0.3) is 0 Å². The van der Waals surface area contributed by atoms with Crippen LogP contribution < -0.4 is 4.90 Å². The second-order valence-corrected chi connectivity index (χ2v) is 6.69. The summed E-state index contributed by atoms with van der Waals surface area (Å²) in [5.74, 6) is -0.903. The first-order chi connectivity index (χ1) is 12.9. The third-order valence-electron chi connectivity index (χ3n) is 4.64. The zero-order valence-electron chi connectivity index (χ0n) is 15.3. The van der Waals surface area contributed by atoms with Gasteiger partial charge in [0.15, 0.2) is 5.65 Å². The van der Waals surface area contributed by atoms with Gasteiger partial charge in [0.05, 0.1) is 24.1 Å². The first-order valence-corrected chi connectivity index (χ1v) is 8.77. The summed E-state index contributed by atoms with van der Waals surface area (Å²) < 4.78 is 33.5. The van der Waals surface area contributed by atoms with Gasteiger partial charge < -0.3 is 9.64 Å². The van der Waals surface area contributed by atoms with Crippen LogP contribution in [0.1, 0.15) is 18.3 Å². The Morgan fingerprint density at radius 3 is 2.59 bits per heavy atom. The number of nitrogens with zero attached hydrogens (tertiary/aromatic N) is 5. The van der Waals surface area contributed by atoms with Gasteiger partial charge in [-0.25, -0.2) is 23.7 Å². The highest BCUT2D eigenvalue weighted by molar-refractivity contribution is 5.88. The minimum atomic E-state index is -0.698. The maximum absolute atomic E-state index is 14.5. The van der Waals surface area contributed by atoms with Crippen molar-refractivity contribution >= 4 is 17.1 Å². The molecule has 27 heavy (non-hydrogen) atoms. The molecule has 0 saturated carbocycles. The van der Waals surface area contributed by atoms with E-state index in [1.54, 1.807) is 0 Å². The molecule has 6 nitrogen and oxygen atoms in total. The lowest BCUT2D eigenvalue weighted by atomic mass is 10.1. The number of anilines is 1. The summed E-state index contributed by atoms with van der Waals surface area (Å²) in [5.41, 5.74) is 2.72. The molecule has 0 aliphatic carbocycles. The summed E-state index contributed by atoms with van der Waals surface area (Å²) in [4.78, 5) is 20.2. The number of rotatable bonds is 2. The smallest absolute Gasteiger partial charge is 0.228 e. The van der Waals surface area contributed by atoms with Gasteiger partial charge >= 0.3 is 0 Å². The number of benzene rings is 1. The highest BCUT2D eigenvalue weighted by atomic mass is 19.1. The standard InChI is InChI=1S/C19H19F2N5O/c1-10-9-26(6-7-27-10)19-24-16(14-5-4-13(20)8-15(14)21)17-18(25-19)23-12(3)11(2)22-17/h4-5,8,10H,6-7,9H2,1-3H3. The van der Waals surface area contributed by atoms with Crippen molar-refractivity contribution in [3.05, 3.63) is 41.2 Å². The quantitative estimate of drug-likeness (QED) is 0.689. The molecule has 3 heterocycles. The Balaban J connectivity index is 1.95. The van der Waals surface area contributed by atoms with Gasteiger partial charge in [0.1, 0.15) is 22.8 Å². The van der Waals surface area contributed by atoms with Crippen LogP contribution in [0.2, 0.25) is 0 Å². The molecule has 2 aromatic heterocycles. The average molecular weight is 371 g/mol. The fraction of sp³-hybridized carbons (Fsp3) is 0.368. The first-order valence-electron chi connectivity index (χ1n) is 8.77. The van der Waals surface area contributed by atoms with E-state index in [0.29, 0.717) is 48.2 Å². The monoisotopic (exact) mass is 371 g/mol. The number of aryl methyl sites for hydroxylation is 2. The van der Waals surface area contributed by atoms with Gasteiger partial charge in [-0.3, -0.25) is 0 Å². The second kappa shape index (κ2) is 6.77. The van der Waals surface area contributed by atoms with Crippen molar-refractivity contribution in [3.8, 4) is 11.3 Å². The van der Waals surface area contributed by atoms with Crippen LogP contribution in [-0.2, 0) is 4.74 Å². The molecule has 1 saturated heterocycles.